The summed E-state index contributed by atoms with van der Waals surface area (Å²) >= 11 is 0. The third-order valence-electron chi connectivity index (χ3n) is 13.0. The Bertz CT molecular complexity index is 2490. The summed E-state index contributed by atoms with van der Waals surface area (Å²) in [5, 5.41) is 13.6. The van der Waals surface area contributed by atoms with E-state index < -0.39 is 30.0 Å². The van der Waals surface area contributed by atoms with Crippen molar-refractivity contribution >= 4 is 45.9 Å². The topological polar surface area (TPSA) is 175 Å². The van der Waals surface area contributed by atoms with Crippen LogP contribution in [-0.4, -0.2) is 115 Å². The standard InChI is InChI=1S/C43H53F2N11O6/c1-51-38-28(4-2-6-33(38)56(43(51)60)34-11-12-36(57)49-42(34)59)5-3-21-62-30-13-16-52(17-14-30)25-27-7-9-29(10-8-27)55-26-32(37(50-55)39(44)45)47-41(58)31-24-46-54-18-15-35(48-40(31)54)53-19-22-61-23-20-53/h2,4,6,15,18,24,26-27,29-30,34,39H,3,5,7-14,16-17,19-23,25H2,1H3,(H,47,58)(H,49,57,59)/t27-,29-,34-/m1/s1. The molecule has 19 heteroatoms. The number of carbonyl (C=O) groups is 3. The molecule has 1 atom stereocenters. The first-order valence-electron chi connectivity index (χ1n) is 21.8. The number of para-hydroxylation sites is 1. The average molecular weight is 858 g/mol. The largest absolute Gasteiger partial charge is 0.378 e. The Kier molecular flexibility index (Phi) is 12.2. The van der Waals surface area contributed by atoms with E-state index in [2.05, 4.69) is 35.6 Å². The van der Waals surface area contributed by atoms with E-state index in [1.807, 2.05) is 24.3 Å². The molecule has 1 aliphatic carbocycles. The van der Waals surface area contributed by atoms with Gasteiger partial charge in [0.25, 0.3) is 12.3 Å². The molecule has 3 saturated heterocycles. The van der Waals surface area contributed by atoms with Crippen molar-refractivity contribution in [2.45, 2.75) is 88.8 Å². The first-order chi connectivity index (χ1) is 30.1. The highest BCUT2D eigenvalue weighted by molar-refractivity contribution is 6.08. The first kappa shape index (κ1) is 41.8. The zero-order valence-electron chi connectivity index (χ0n) is 34.9. The summed E-state index contributed by atoms with van der Waals surface area (Å²) in [5.74, 6) is -0.134. The lowest BCUT2D eigenvalue weighted by Crippen LogP contribution is -2.44. The number of likely N-dealkylation sites (tertiary alicyclic amines) is 1. The lowest BCUT2D eigenvalue weighted by atomic mass is 9.85. The number of carbonyl (C=O) groups excluding carboxylic acids is 3. The van der Waals surface area contributed by atoms with E-state index in [-0.39, 0.29) is 41.4 Å². The Morgan fingerprint density at radius 1 is 1.02 bits per heavy atom. The van der Waals surface area contributed by atoms with E-state index >= 15 is 0 Å². The molecule has 7 heterocycles. The van der Waals surface area contributed by atoms with Crippen LogP contribution in [0, 0.1) is 5.92 Å². The van der Waals surface area contributed by atoms with Gasteiger partial charge in [-0.15, -0.1) is 0 Å². The fourth-order valence-electron chi connectivity index (χ4n) is 9.71. The molecule has 0 bridgehead atoms. The Labute approximate surface area is 356 Å². The number of anilines is 2. The van der Waals surface area contributed by atoms with Crippen LogP contribution in [0.25, 0.3) is 16.7 Å². The number of benzene rings is 1. The molecule has 5 aromatic rings. The van der Waals surface area contributed by atoms with Crippen LogP contribution in [0.4, 0.5) is 20.3 Å². The number of morpholine rings is 1. The number of piperidine rings is 2. The van der Waals surface area contributed by atoms with Crippen molar-refractivity contribution in [3.8, 4) is 0 Å². The number of ether oxygens (including phenoxy) is 2. The molecule has 9 rings (SSSR count). The summed E-state index contributed by atoms with van der Waals surface area (Å²) in [6, 6.07) is 6.86. The second kappa shape index (κ2) is 18.1. The molecule has 4 aliphatic rings. The van der Waals surface area contributed by atoms with Crippen LogP contribution in [0.3, 0.4) is 0 Å². The molecule has 0 unspecified atom stereocenters. The van der Waals surface area contributed by atoms with Crippen LogP contribution in [0.15, 0.2) is 47.7 Å². The van der Waals surface area contributed by atoms with Gasteiger partial charge in [-0.2, -0.15) is 10.2 Å². The molecule has 4 aromatic heterocycles. The summed E-state index contributed by atoms with van der Waals surface area (Å²) in [6.45, 7) is 6.03. The molecule has 17 nitrogen and oxygen atoms in total. The highest BCUT2D eigenvalue weighted by Crippen LogP contribution is 2.36. The summed E-state index contributed by atoms with van der Waals surface area (Å²) < 4.78 is 46.5. The van der Waals surface area contributed by atoms with Gasteiger partial charge < -0.3 is 24.6 Å². The number of rotatable bonds is 13. The number of imide groups is 1. The maximum atomic E-state index is 14.3. The SMILES string of the molecule is Cn1c(=O)n([C@@H]2CCC(=O)NC2=O)c2cccc(CCCOC3CCN(C[C@H]4CC[C@H](n5cc(NC(=O)c6cnn7ccc(N8CCOCC8)nc67)c(C(F)F)n5)CC4)CC3)c21. The smallest absolute Gasteiger partial charge is 0.329 e. The summed E-state index contributed by atoms with van der Waals surface area (Å²) in [7, 11) is 1.72. The number of nitrogens with one attached hydrogen (secondary N) is 2. The van der Waals surface area contributed by atoms with E-state index in [9.17, 15) is 28.0 Å². The normalized spacial score (nSPS) is 21.9. The van der Waals surface area contributed by atoms with Crippen LogP contribution in [-0.2, 0) is 32.5 Å². The molecular weight excluding hydrogens is 805 g/mol. The second-order valence-corrected chi connectivity index (χ2v) is 17.0. The highest BCUT2D eigenvalue weighted by atomic mass is 19.3. The van der Waals surface area contributed by atoms with Crippen molar-refractivity contribution in [1.29, 1.82) is 0 Å². The van der Waals surface area contributed by atoms with E-state index in [1.165, 1.54) is 21.5 Å². The van der Waals surface area contributed by atoms with Gasteiger partial charge in [0.15, 0.2) is 11.3 Å². The van der Waals surface area contributed by atoms with Gasteiger partial charge in [-0.25, -0.2) is 23.1 Å². The Morgan fingerprint density at radius 3 is 2.56 bits per heavy atom. The van der Waals surface area contributed by atoms with Crippen molar-refractivity contribution in [2.24, 2.45) is 13.0 Å². The van der Waals surface area contributed by atoms with Gasteiger partial charge in [-0.3, -0.25) is 33.5 Å². The van der Waals surface area contributed by atoms with E-state index in [0.717, 1.165) is 82.1 Å². The lowest BCUT2D eigenvalue weighted by Gasteiger charge is -2.36. The average Bonchev–Trinajstić information content (AvgIpc) is 3.98. The number of fused-ring (bicyclic) bond motifs is 2. The van der Waals surface area contributed by atoms with Gasteiger partial charge in [0.05, 0.1) is 48.3 Å². The molecule has 1 saturated carbocycles. The number of alkyl halides is 2. The van der Waals surface area contributed by atoms with Crippen LogP contribution < -0.4 is 21.2 Å². The molecule has 3 aliphatic heterocycles. The summed E-state index contributed by atoms with van der Waals surface area (Å²) in [4.78, 5) is 60.3. The number of aromatic nitrogens is 7. The molecule has 4 fully saturated rings. The van der Waals surface area contributed by atoms with Gasteiger partial charge in [0, 0.05) is 65.2 Å². The van der Waals surface area contributed by atoms with Gasteiger partial charge in [0.2, 0.25) is 11.8 Å². The zero-order valence-corrected chi connectivity index (χ0v) is 34.9. The van der Waals surface area contributed by atoms with E-state index in [4.69, 9.17) is 9.47 Å². The number of nitrogens with zero attached hydrogens (tertiary/aromatic N) is 9. The number of amides is 3. The quantitative estimate of drug-likeness (QED) is 0.127. The zero-order chi connectivity index (χ0) is 42.9. The Morgan fingerprint density at radius 2 is 1.81 bits per heavy atom. The third-order valence-corrected chi connectivity index (χ3v) is 13.0. The number of imidazole rings is 1. The van der Waals surface area contributed by atoms with Crippen LogP contribution in [0.5, 0.6) is 0 Å². The summed E-state index contributed by atoms with van der Waals surface area (Å²) in [6.07, 6.45) is 9.46. The fourth-order valence-corrected chi connectivity index (χ4v) is 9.71. The minimum atomic E-state index is -2.86. The molecular formula is C43H53F2N11O6. The number of aryl methyl sites for hydroxylation is 2. The lowest BCUT2D eigenvalue weighted by molar-refractivity contribution is -0.135. The van der Waals surface area contributed by atoms with Gasteiger partial charge in [0.1, 0.15) is 17.4 Å². The Balaban J connectivity index is 0.729. The fraction of sp³-hybridized carbons (Fsp3) is 0.558. The number of hydrogen-bond acceptors (Lipinski definition) is 11. The minimum Gasteiger partial charge on any atom is -0.378 e. The molecule has 2 N–H and O–H groups in total. The third kappa shape index (κ3) is 8.61. The predicted octanol–water partition coefficient (Wildman–Crippen LogP) is 4.43. The van der Waals surface area contributed by atoms with Crippen molar-refractivity contribution in [1.82, 2.24) is 43.7 Å². The van der Waals surface area contributed by atoms with Gasteiger partial charge >= 0.3 is 5.69 Å². The van der Waals surface area contributed by atoms with E-state index in [1.54, 1.807) is 22.5 Å². The van der Waals surface area contributed by atoms with Gasteiger partial charge in [-0.1, -0.05) is 12.1 Å². The van der Waals surface area contributed by atoms with Crippen molar-refractivity contribution in [3.05, 3.63) is 70.2 Å². The van der Waals surface area contributed by atoms with Crippen molar-refractivity contribution in [3.63, 3.8) is 0 Å². The van der Waals surface area contributed by atoms with Crippen LogP contribution in [0.2, 0.25) is 0 Å². The maximum Gasteiger partial charge on any atom is 0.329 e. The molecule has 0 spiro atoms. The second-order valence-electron chi connectivity index (χ2n) is 17.0. The maximum absolute atomic E-state index is 14.3. The van der Waals surface area contributed by atoms with Gasteiger partial charge in [-0.05, 0) is 81.4 Å². The monoisotopic (exact) mass is 857 g/mol. The number of hydrogen-bond donors (Lipinski definition) is 2. The number of halogens is 2. The van der Waals surface area contributed by atoms with Crippen LogP contribution in [0.1, 0.15) is 97.9 Å². The molecule has 62 heavy (non-hydrogen) atoms. The van der Waals surface area contributed by atoms with Crippen molar-refractivity contribution in [2.75, 3.05) is 62.8 Å². The highest BCUT2D eigenvalue weighted by Gasteiger charge is 2.33. The Hall–Kier alpha value is -5.53. The molecule has 330 valence electrons. The first-order valence-corrected chi connectivity index (χ1v) is 21.8. The summed E-state index contributed by atoms with van der Waals surface area (Å²) in [5.41, 5.74) is 2.32. The molecule has 1 aromatic carbocycles. The predicted molar refractivity (Wildman–Crippen MR) is 224 cm³/mol. The van der Waals surface area contributed by atoms with E-state index in [0.29, 0.717) is 62.2 Å². The van der Waals surface area contributed by atoms with Crippen LogP contribution >= 0.6 is 0 Å². The van der Waals surface area contributed by atoms with Crippen molar-refractivity contribution < 1.29 is 32.6 Å². The molecule has 0 radical (unpaired) electrons. The molecule has 3 amide bonds. The minimum absolute atomic E-state index is 0.00747.